The van der Waals surface area contributed by atoms with Gasteiger partial charge >= 0.3 is 6.18 Å². The number of hydrogen-bond acceptors (Lipinski definition) is 3. The maximum atomic E-state index is 14.4. The number of halogens is 4. The molecule has 0 bridgehead atoms. The molecule has 2 aliphatic heterocycles. The van der Waals surface area contributed by atoms with Crippen LogP contribution in [0.1, 0.15) is 24.0 Å². The standard InChI is InChI=1S/C24H25F4N3O/c25-19-3-1-2-4-21(19)30-9-10-31-20-8-7-17(24(26,27)28)11-16(20)12-18(22(31)14-30)23(32)29-13-15-5-6-15/h1-4,7-8,11,15,18,22H,5-6,9-10,12-14H2,(H,29,32)/t18-,22-/m1/s1. The highest BCUT2D eigenvalue weighted by Gasteiger charge is 2.43. The molecule has 2 atom stereocenters. The van der Waals surface area contributed by atoms with E-state index in [1.165, 1.54) is 18.2 Å². The molecule has 0 aromatic heterocycles. The van der Waals surface area contributed by atoms with Crippen molar-refractivity contribution in [3.63, 3.8) is 0 Å². The highest BCUT2D eigenvalue weighted by atomic mass is 19.4. The van der Waals surface area contributed by atoms with E-state index in [0.717, 1.165) is 24.6 Å². The molecule has 2 aromatic carbocycles. The number of fused-ring (bicyclic) bond motifs is 3. The molecule has 170 valence electrons. The summed E-state index contributed by atoms with van der Waals surface area (Å²) in [6.07, 6.45) is -2.00. The molecule has 32 heavy (non-hydrogen) atoms. The molecule has 2 fully saturated rings. The molecule has 2 heterocycles. The summed E-state index contributed by atoms with van der Waals surface area (Å²) >= 11 is 0. The van der Waals surface area contributed by atoms with Gasteiger partial charge in [0, 0.05) is 31.9 Å². The maximum absolute atomic E-state index is 14.4. The van der Waals surface area contributed by atoms with Gasteiger partial charge in [-0.1, -0.05) is 12.1 Å². The van der Waals surface area contributed by atoms with Crippen LogP contribution < -0.4 is 15.1 Å². The number of piperazine rings is 1. The Balaban J connectivity index is 1.46. The minimum atomic E-state index is -4.43. The molecule has 0 unspecified atom stereocenters. The number of carbonyl (C=O) groups is 1. The first-order valence-corrected chi connectivity index (χ1v) is 11.0. The van der Waals surface area contributed by atoms with Crippen LogP contribution in [-0.2, 0) is 17.4 Å². The number of amides is 1. The molecule has 0 spiro atoms. The van der Waals surface area contributed by atoms with Crippen LogP contribution in [-0.4, -0.2) is 38.1 Å². The van der Waals surface area contributed by atoms with Crippen LogP contribution in [0, 0.1) is 17.7 Å². The van der Waals surface area contributed by atoms with E-state index >= 15 is 0 Å². The molecule has 1 saturated heterocycles. The summed E-state index contributed by atoms with van der Waals surface area (Å²) in [5, 5.41) is 3.01. The Bertz CT molecular complexity index is 1020. The van der Waals surface area contributed by atoms with Crippen LogP contribution >= 0.6 is 0 Å². The van der Waals surface area contributed by atoms with Gasteiger partial charge in [-0.3, -0.25) is 4.79 Å². The lowest BCUT2D eigenvalue weighted by Crippen LogP contribution is -2.61. The normalized spacial score (nSPS) is 22.9. The zero-order valence-corrected chi connectivity index (χ0v) is 17.5. The largest absolute Gasteiger partial charge is 0.416 e. The SMILES string of the molecule is O=C(NCC1CC1)[C@@H]1Cc2cc(C(F)(F)F)ccc2N2CCN(c3ccccc3F)C[C@H]12. The summed E-state index contributed by atoms with van der Waals surface area (Å²) in [6.45, 7) is 2.06. The molecule has 1 N–H and O–H groups in total. The quantitative estimate of drug-likeness (QED) is 0.713. The average molecular weight is 447 g/mol. The predicted octanol–water partition coefficient (Wildman–Crippen LogP) is 4.24. The third-order valence-electron chi connectivity index (χ3n) is 6.83. The number of nitrogens with zero attached hydrogens (tertiary/aromatic N) is 2. The van der Waals surface area contributed by atoms with Gasteiger partial charge in [0.2, 0.25) is 5.91 Å². The number of alkyl halides is 3. The van der Waals surface area contributed by atoms with E-state index in [4.69, 9.17) is 0 Å². The number of para-hydroxylation sites is 1. The second-order valence-electron chi connectivity index (χ2n) is 9.00. The third-order valence-corrected chi connectivity index (χ3v) is 6.83. The van der Waals surface area contributed by atoms with E-state index in [-0.39, 0.29) is 24.2 Å². The van der Waals surface area contributed by atoms with Crippen molar-refractivity contribution in [3.8, 4) is 0 Å². The number of anilines is 2. The monoisotopic (exact) mass is 447 g/mol. The lowest BCUT2D eigenvalue weighted by atomic mass is 9.82. The lowest BCUT2D eigenvalue weighted by Gasteiger charge is -2.49. The third kappa shape index (κ3) is 4.02. The van der Waals surface area contributed by atoms with Crippen LogP contribution in [0.25, 0.3) is 0 Å². The smallest absolute Gasteiger partial charge is 0.365 e. The summed E-state index contributed by atoms with van der Waals surface area (Å²) in [5.41, 5.74) is 1.07. The Morgan fingerprint density at radius 2 is 1.84 bits per heavy atom. The molecule has 4 nitrogen and oxygen atoms in total. The maximum Gasteiger partial charge on any atom is 0.416 e. The van der Waals surface area contributed by atoms with Gasteiger partial charge in [0.25, 0.3) is 0 Å². The Labute approximate surface area is 184 Å². The Kier molecular flexibility index (Phi) is 5.26. The lowest BCUT2D eigenvalue weighted by molar-refractivity contribution is -0.137. The molecule has 5 rings (SSSR count). The van der Waals surface area contributed by atoms with Crippen LogP contribution in [0.4, 0.5) is 28.9 Å². The Morgan fingerprint density at radius 3 is 2.56 bits per heavy atom. The first-order chi connectivity index (χ1) is 15.3. The van der Waals surface area contributed by atoms with Crippen molar-refractivity contribution in [3.05, 3.63) is 59.4 Å². The highest BCUT2D eigenvalue weighted by molar-refractivity contribution is 5.82. The Morgan fingerprint density at radius 1 is 1.06 bits per heavy atom. The minimum Gasteiger partial charge on any atom is -0.365 e. The topological polar surface area (TPSA) is 35.6 Å². The van der Waals surface area contributed by atoms with Gasteiger partial charge < -0.3 is 15.1 Å². The van der Waals surface area contributed by atoms with E-state index in [0.29, 0.717) is 43.3 Å². The van der Waals surface area contributed by atoms with Crippen molar-refractivity contribution in [2.75, 3.05) is 36.0 Å². The van der Waals surface area contributed by atoms with Gasteiger partial charge in [0.05, 0.1) is 23.2 Å². The summed E-state index contributed by atoms with van der Waals surface area (Å²) in [6, 6.07) is 10.1. The second kappa shape index (κ2) is 7.98. The number of rotatable bonds is 4. The van der Waals surface area contributed by atoms with Gasteiger partial charge in [-0.05, 0) is 61.1 Å². The zero-order valence-electron chi connectivity index (χ0n) is 17.5. The van der Waals surface area contributed by atoms with Crippen molar-refractivity contribution >= 4 is 17.3 Å². The first-order valence-electron chi connectivity index (χ1n) is 11.0. The number of carbonyl (C=O) groups excluding carboxylic acids is 1. The number of benzene rings is 2. The summed E-state index contributed by atoms with van der Waals surface area (Å²) in [7, 11) is 0. The first kappa shape index (κ1) is 21.1. The fourth-order valence-corrected chi connectivity index (χ4v) is 4.92. The average Bonchev–Trinajstić information content (AvgIpc) is 3.60. The van der Waals surface area contributed by atoms with Gasteiger partial charge in [0.15, 0.2) is 0 Å². The molecular weight excluding hydrogens is 422 g/mol. The van der Waals surface area contributed by atoms with Gasteiger partial charge in [0.1, 0.15) is 5.82 Å². The van der Waals surface area contributed by atoms with Crippen molar-refractivity contribution in [2.45, 2.75) is 31.5 Å². The molecule has 0 radical (unpaired) electrons. The van der Waals surface area contributed by atoms with Gasteiger partial charge in [-0.15, -0.1) is 0 Å². The molecule has 8 heteroatoms. The summed E-state index contributed by atoms with van der Waals surface area (Å²) < 4.78 is 54.3. The summed E-state index contributed by atoms with van der Waals surface area (Å²) in [5.74, 6) is -0.449. The molecule has 1 aliphatic carbocycles. The Hall–Kier alpha value is -2.77. The van der Waals surface area contributed by atoms with E-state index in [1.54, 1.807) is 18.2 Å². The van der Waals surface area contributed by atoms with Crippen LogP contribution in [0.2, 0.25) is 0 Å². The van der Waals surface area contributed by atoms with Gasteiger partial charge in [-0.2, -0.15) is 13.2 Å². The minimum absolute atomic E-state index is 0.134. The molecule has 1 amide bonds. The molecule has 3 aliphatic rings. The summed E-state index contributed by atoms with van der Waals surface area (Å²) in [4.78, 5) is 17.1. The number of hydrogen-bond donors (Lipinski definition) is 1. The van der Waals surface area contributed by atoms with Crippen LogP contribution in [0.3, 0.4) is 0 Å². The molecule has 2 aromatic rings. The van der Waals surface area contributed by atoms with Crippen LogP contribution in [0.5, 0.6) is 0 Å². The molecular formula is C24H25F4N3O. The highest BCUT2D eigenvalue weighted by Crippen LogP contribution is 2.40. The van der Waals surface area contributed by atoms with E-state index in [9.17, 15) is 22.4 Å². The van der Waals surface area contributed by atoms with Crippen molar-refractivity contribution in [2.24, 2.45) is 11.8 Å². The van der Waals surface area contributed by atoms with Crippen molar-refractivity contribution < 1.29 is 22.4 Å². The zero-order chi connectivity index (χ0) is 22.5. The van der Waals surface area contributed by atoms with E-state index < -0.39 is 17.7 Å². The fourth-order valence-electron chi connectivity index (χ4n) is 4.92. The number of nitrogens with one attached hydrogen (secondary N) is 1. The van der Waals surface area contributed by atoms with E-state index in [2.05, 4.69) is 5.32 Å². The van der Waals surface area contributed by atoms with E-state index in [1.807, 2.05) is 9.80 Å². The van der Waals surface area contributed by atoms with Crippen LogP contribution in [0.15, 0.2) is 42.5 Å². The molecule has 1 saturated carbocycles. The van der Waals surface area contributed by atoms with Crippen molar-refractivity contribution in [1.29, 1.82) is 0 Å². The predicted molar refractivity (Wildman–Crippen MR) is 114 cm³/mol. The second-order valence-corrected chi connectivity index (χ2v) is 9.00. The fraction of sp³-hybridized carbons (Fsp3) is 0.458. The van der Waals surface area contributed by atoms with Crippen molar-refractivity contribution in [1.82, 2.24) is 5.32 Å². The van der Waals surface area contributed by atoms with Gasteiger partial charge in [-0.25, -0.2) is 4.39 Å².